The summed E-state index contributed by atoms with van der Waals surface area (Å²) in [5, 5.41) is 0. The van der Waals surface area contributed by atoms with E-state index < -0.39 is 74.8 Å². The maximum absolute atomic E-state index is 13.6. The van der Waals surface area contributed by atoms with E-state index in [1.165, 1.54) is 30.6 Å². The molecule has 0 atom stereocenters. The van der Waals surface area contributed by atoms with Gasteiger partial charge in [-0.1, -0.05) is 24.3 Å². The number of hydrogen-bond donors (Lipinski definition) is 0. The second-order valence-electron chi connectivity index (χ2n) is 15.7. The Morgan fingerprint density at radius 1 is 0.365 bits per heavy atom. The monoisotopic (exact) mass is 916 g/mol. The quantitative estimate of drug-likeness (QED) is 0.420. The number of alkyl halides is 9. The van der Waals surface area contributed by atoms with Gasteiger partial charge in [0.25, 0.3) is 0 Å². The molecule has 14 nitrogen and oxygen atoms in total. The number of benzene rings is 1. The van der Waals surface area contributed by atoms with Crippen LogP contribution in [0.15, 0.2) is 24.3 Å². The van der Waals surface area contributed by atoms with Crippen molar-refractivity contribution in [2.24, 2.45) is 0 Å². The molecular weight excluding hydrogens is 859 g/mol. The molecule has 0 aliphatic carbocycles. The summed E-state index contributed by atoms with van der Waals surface area (Å²) in [6, 6.07) is 7.16. The molecule has 356 valence electrons. The Bertz CT molecular complexity index is 1700. The fourth-order valence-corrected chi connectivity index (χ4v) is 7.45. The first-order valence-electron chi connectivity index (χ1n) is 20.7. The Morgan fingerprint density at radius 2 is 0.587 bits per heavy atom. The number of halogens is 9. The third-order valence-corrected chi connectivity index (χ3v) is 10.9. The molecule has 6 amide bonds. The zero-order chi connectivity index (χ0) is 47.1. The molecule has 2 aliphatic heterocycles. The fraction of sp³-hybridized carbons (Fsp3) is 0.700. The molecule has 2 aliphatic rings. The molecule has 0 unspecified atom stereocenters. The average molecular weight is 917 g/mol. The number of nitrogens with zero attached hydrogens (tertiary/aromatic N) is 8. The molecule has 2 heterocycles. The second kappa shape index (κ2) is 23.9. The minimum Gasteiger partial charge on any atom is -0.342 e. The highest BCUT2D eigenvalue weighted by molar-refractivity contribution is 5.83. The molecule has 3 rings (SSSR count). The number of hydrogen-bond acceptors (Lipinski definition) is 8. The lowest BCUT2D eigenvalue weighted by Crippen LogP contribution is -2.49. The predicted octanol–water partition coefficient (Wildman–Crippen LogP) is 3.60. The van der Waals surface area contributed by atoms with Crippen molar-refractivity contribution in [3.8, 4) is 0 Å². The number of carbonyl (C=O) groups is 6. The summed E-state index contributed by atoms with van der Waals surface area (Å²) in [6.07, 6.45) is -15.3. The van der Waals surface area contributed by atoms with Gasteiger partial charge < -0.3 is 29.4 Å². The Morgan fingerprint density at radius 3 is 0.857 bits per heavy atom. The van der Waals surface area contributed by atoms with Gasteiger partial charge in [-0.2, -0.15) is 39.5 Å². The van der Waals surface area contributed by atoms with Crippen molar-refractivity contribution < 1.29 is 68.3 Å². The fourth-order valence-electron chi connectivity index (χ4n) is 7.45. The predicted molar refractivity (Wildman–Crippen MR) is 210 cm³/mol. The minimum absolute atomic E-state index is 0.0693. The van der Waals surface area contributed by atoms with Gasteiger partial charge in [0.05, 0.1) is 0 Å². The van der Waals surface area contributed by atoms with Gasteiger partial charge in [-0.3, -0.25) is 38.6 Å². The summed E-state index contributed by atoms with van der Waals surface area (Å²) in [5.74, 6) is -7.39. The minimum atomic E-state index is -5.26. The van der Waals surface area contributed by atoms with Gasteiger partial charge in [-0.25, -0.2) is 0 Å². The normalized spacial score (nSPS) is 19.0. The molecule has 0 aromatic heterocycles. The Balaban J connectivity index is 1.80. The molecule has 1 aromatic carbocycles. The molecule has 0 bridgehead atoms. The summed E-state index contributed by atoms with van der Waals surface area (Å²) < 4.78 is 122. The average Bonchev–Trinajstić information content (AvgIpc) is 3.18. The molecule has 23 heteroatoms. The van der Waals surface area contributed by atoms with Crippen LogP contribution in [0.2, 0.25) is 0 Å². The van der Waals surface area contributed by atoms with E-state index in [0.29, 0.717) is 40.8 Å². The van der Waals surface area contributed by atoms with Crippen molar-refractivity contribution in [2.75, 3.05) is 105 Å². The van der Waals surface area contributed by atoms with Crippen LogP contribution in [0.3, 0.4) is 0 Å². The van der Waals surface area contributed by atoms with Crippen LogP contribution in [0.25, 0.3) is 0 Å². The van der Waals surface area contributed by atoms with Crippen LogP contribution in [0.1, 0.15) is 57.6 Å². The van der Waals surface area contributed by atoms with Crippen LogP contribution in [0, 0.1) is 0 Å². The van der Waals surface area contributed by atoms with Gasteiger partial charge in [0.2, 0.25) is 17.7 Å². The lowest BCUT2D eigenvalue weighted by molar-refractivity contribution is -0.187. The van der Waals surface area contributed by atoms with E-state index in [0.717, 1.165) is 11.1 Å². The van der Waals surface area contributed by atoms with Gasteiger partial charge in [-0.15, -0.1) is 0 Å². The summed E-state index contributed by atoms with van der Waals surface area (Å²) in [4.78, 5) is 83.6. The third-order valence-electron chi connectivity index (χ3n) is 10.9. The van der Waals surface area contributed by atoms with Crippen LogP contribution < -0.4 is 0 Å². The van der Waals surface area contributed by atoms with Crippen molar-refractivity contribution in [3.63, 3.8) is 0 Å². The van der Waals surface area contributed by atoms with Crippen LogP contribution in [-0.2, 0) is 41.9 Å². The van der Waals surface area contributed by atoms with Crippen molar-refractivity contribution in [3.05, 3.63) is 35.4 Å². The number of carbonyl (C=O) groups excluding carboxylic acids is 6. The lowest BCUT2D eigenvalue weighted by Gasteiger charge is -2.32. The van der Waals surface area contributed by atoms with Crippen molar-refractivity contribution >= 4 is 35.4 Å². The summed E-state index contributed by atoms with van der Waals surface area (Å²) in [6.45, 7) is 2.90. The highest BCUT2D eigenvalue weighted by Crippen LogP contribution is 2.22. The molecule has 2 saturated heterocycles. The van der Waals surface area contributed by atoms with Gasteiger partial charge in [0, 0.05) is 139 Å². The van der Waals surface area contributed by atoms with E-state index in [1.807, 2.05) is 4.90 Å². The largest absolute Gasteiger partial charge is 0.471 e. The molecular formula is C40H57F9N8O6. The smallest absolute Gasteiger partial charge is 0.342 e. The van der Waals surface area contributed by atoms with Crippen LogP contribution in [0.5, 0.6) is 0 Å². The zero-order valence-electron chi connectivity index (χ0n) is 35.8. The van der Waals surface area contributed by atoms with E-state index in [-0.39, 0.29) is 96.6 Å². The highest BCUT2D eigenvalue weighted by Gasteiger charge is 2.45. The number of amides is 6. The van der Waals surface area contributed by atoms with Gasteiger partial charge in [0.15, 0.2) is 0 Å². The van der Waals surface area contributed by atoms with Crippen LogP contribution >= 0.6 is 0 Å². The first kappa shape index (κ1) is 52.7. The Hall–Kier alpha value is -4.67. The topological polar surface area (TPSA) is 128 Å². The van der Waals surface area contributed by atoms with Gasteiger partial charge in [-0.05, 0) is 36.8 Å². The molecule has 0 spiro atoms. The van der Waals surface area contributed by atoms with Gasteiger partial charge in [0.1, 0.15) is 0 Å². The summed E-state index contributed by atoms with van der Waals surface area (Å²) >= 11 is 0. The first-order chi connectivity index (χ1) is 29.4. The second-order valence-corrected chi connectivity index (χ2v) is 15.7. The van der Waals surface area contributed by atoms with E-state index in [4.69, 9.17) is 0 Å². The molecule has 2 fully saturated rings. The van der Waals surface area contributed by atoms with Crippen molar-refractivity contribution in [1.82, 2.24) is 39.2 Å². The summed E-state index contributed by atoms with van der Waals surface area (Å²) in [5.41, 5.74) is 1.51. The van der Waals surface area contributed by atoms with Crippen LogP contribution in [-0.4, -0.2) is 198 Å². The Kier molecular flexibility index (Phi) is 19.9. The molecule has 0 radical (unpaired) electrons. The van der Waals surface area contributed by atoms with Crippen molar-refractivity contribution in [2.45, 2.75) is 78.1 Å². The summed E-state index contributed by atoms with van der Waals surface area (Å²) in [7, 11) is 0. The lowest BCUT2D eigenvalue weighted by atomic mass is 10.1. The van der Waals surface area contributed by atoms with Crippen LogP contribution in [0.4, 0.5) is 39.5 Å². The molecule has 63 heavy (non-hydrogen) atoms. The zero-order valence-corrected chi connectivity index (χ0v) is 35.8. The van der Waals surface area contributed by atoms with E-state index in [2.05, 4.69) is 0 Å². The molecule has 0 N–H and O–H groups in total. The SMILES string of the molecule is CC(=O)N1CCCN(C(C)=O)CCN(C(=O)C(F)(F)F)CCCN(Cc2ccc(CN3CCCN(C(C)=O)CCN(C(=O)C(F)(F)F)CCCN(C(=O)C(F)(F)F)CC3)cc2)CC1. The molecule has 0 saturated carbocycles. The van der Waals surface area contributed by atoms with Gasteiger partial charge >= 0.3 is 36.3 Å². The maximum atomic E-state index is 13.6. The molecule has 1 aromatic rings. The third kappa shape index (κ3) is 17.8. The Labute approximate surface area is 360 Å². The highest BCUT2D eigenvalue weighted by atomic mass is 19.4. The first-order valence-corrected chi connectivity index (χ1v) is 20.7. The van der Waals surface area contributed by atoms with E-state index >= 15 is 0 Å². The van der Waals surface area contributed by atoms with E-state index in [9.17, 15) is 68.3 Å². The number of rotatable bonds is 4. The maximum Gasteiger partial charge on any atom is 0.471 e. The van der Waals surface area contributed by atoms with Crippen molar-refractivity contribution in [1.29, 1.82) is 0 Å². The van der Waals surface area contributed by atoms with E-state index in [1.54, 1.807) is 34.1 Å². The standard InChI is InChI=1S/C40H57F9N8O6/c1-30(58)52-15-6-16-54(32(3)60)25-26-56(36(62)39(44,45)46)17-5-13-50(20-22-52)28-33-8-10-34(11-9-33)29-51-12-4-14-53(31(2)59)24-27-57(37(63)40(47,48)49)19-7-18-55(23-21-51)35(61)38(41,42)43/h8-11H,4-7,12-29H2,1-3H3.